The van der Waals surface area contributed by atoms with Gasteiger partial charge in [-0.05, 0) is 83.3 Å². The van der Waals surface area contributed by atoms with Crippen molar-refractivity contribution >= 4 is 29.3 Å². The fourth-order valence-electron chi connectivity index (χ4n) is 4.59. The molecule has 0 aliphatic carbocycles. The molecule has 2 saturated heterocycles. The van der Waals surface area contributed by atoms with Gasteiger partial charge in [-0.25, -0.2) is 9.59 Å². The second-order valence-electron chi connectivity index (χ2n) is 10.4. The standard InChI is InChI=1S/C17H25N3O2.C13H19N3O/c1-3-4-16(21)20-11-9-15(10-12-20)19-17(22)18-14-7-5-13(2)6-8-14;1-10-2-4-11(5-3-10)15-13(17)16-12-6-8-14-9-7-12/h5-8,15H,3-4,9-12H2,1-2H3,(H2,18,19,22);2-5,12,14H,6-9H2,1H3,(H2,15,16,17). The average Bonchev–Trinajstić information content (AvgIpc) is 2.93. The molecule has 0 spiro atoms. The first kappa shape index (κ1) is 30.0. The van der Waals surface area contributed by atoms with E-state index in [0.29, 0.717) is 12.5 Å². The molecular formula is C30H44N6O3. The number of amides is 5. The molecule has 4 rings (SSSR count). The minimum absolute atomic E-state index is 0.110. The van der Waals surface area contributed by atoms with Gasteiger partial charge in [-0.2, -0.15) is 0 Å². The van der Waals surface area contributed by atoms with Crippen molar-refractivity contribution in [1.82, 2.24) is 20.9 Å². The molecule has 0 unspecified atom stereocenters. The van der Waals surface area contributed by atoms with Crippen molar-refractivity contribution in [2.45, 2.75) is 71.4 Å². The highest BCUT2D eigenvalue weighted by Crippen LogP contribution is 2.13. The molecule has 2 fully saturated rings. The van der Waals surface area contributed by atoms with Crippen LogP contribution in [-0.4, -0.2) is 61.1 Å². The van der Waals surface area contributed by atoms with Crippen molar-refractivity contribution in [2.75, 3.05) is 36.8 Å². The number of likely N-dealkylation sites (tertiary alicyclic amines) is 1. The second-order valence-corrected chi connectivity index (χ2v) is 10.4. The van der Waals surface area contributed by atoms with Crippen molar-refractivity contribution in [3.8, 4) is 0 Å². The van der Waals surface area contributed by atoms with Crippen LogP contribution in [0.25, 0.3) is 0 Å². The third kappa shape index (κ3) is 11.0. The van der Waals surface area contributed by atoms with Crippen LogP contribution in [0.5, 0.6) is 0 Å². The summed E-state index contributed by atoms with van der Waals surface area (Å²) < 4.78 is 0. The fourth-order valence-corrected chi connectivity index (χ4v) is 4.59. The molecular weight excluding hydrogens is 492 g/mol. The average molecular weight is 537 g/mol. The van der Waals surface area contributed by atoms with Gasteiger partial charge in [-0.3, -0.25) is 4.79 Å². The molecule has 2 aromatic rings. The van der Waals surface area contributed by atoms with Crippen molar-refractivity contribution in [3.05, 3.63) is 59.7 Å². The number of benzene rings is 2. The monoisotopic (exact) mass is 536 g/mol. The van der Waals surface area contributed by atoms with Crippen LogP contribution >= 0.6 is 0 Å². The van der Waals surface area contributed by atoms with Crippen LogP contribution in [0.3, 0.4) is 0 Å². The number of nitrogens with one attached hydrogen (secondary N) is 5. The lowest BCUT2D eigenvalue weighted by atomic mass is 10.0. The summed E-state index contributed by atoms with van der Waals surface area (Å²) in [6.07, 6.45) is 5.14. The largest absolute Gasteiger partial charge is 0.343 e. The highest BCUT2D eigenvalue weighted by Gasteiger charge is 2.23. The highest BCUT2D eigenvalue weighted by molar-refractivity contribution is 5.90. The Morgan fingerprint density at radius 1 is 0.744 bits per heavy atom. The maximum atomic E-state index is 12.0. The Hall–Kier alpha value is -3.59. The van der Waals surface area contributed by atoms with Crippen LogP contribution in [0.2, 0.25) is 0 Å². The van der Waals surface area contributed by atoms with Gasteiger partial charge in [0, 0.05) is 43.0 Å². The summed E-state index contributed by atoms with van der Waals surface area (Å²) in [5.74, 6) is 0.227. The lowest BCUT2D eigenvalue weighted by Gasteiger charge is -2.32. The molecule has 2 aliphatic heterocycles. The molecule has 9 nitrogen and oxygen atoms in total. The number of carbonyl (C=O) groups is 3. The highest BCUT2D eigenvalue weighted by atomic mass is 16.2. The minimum Gasteiger partial charge on any atom is -0.343 e. The molecule has 2 aromatic carbocycles. The van der Waals surface area contributed by atoms with Gasteiger partial charge in [0.05, 0.1) is 0 Å². The molecule has 2 heterocycles. The van der Waals surface area contributed by atoms with Gasteiger partial charge in [0.25, 0.3) is 0 Å². The van der Waals surface area contributed by atoms with Crippen LogP contribution in [0.4, 0.5) is 21.0 Å². The molecule has 2 aliphatic rings. The summed E-state index contributed by atoms with van der Waals surface area (Å²) in [5, 5.41) is 14.9. The van der Waals surface area contributed by atoms with Crippen LogP contribution in [0.1, 0.15) is 56.6 Å². The van der Waals surface area contributed by atoms with E-state index < -0.39 is 0 Å². The third-order valence-electron chi connectivity index (χ3n) is 6.94. The molecule has 5 N–H and O–H groups in total. The summed E-state index contributed by atoms with van der Waals surface area (Å²) in [4.78, 5) is 37.4. The van der Waals surface area contributed by atoms with Gasteiger partial charge in [-0.1, -0.05) is 42.3 Å². The zero-order chi connectivity index (χ0) is 28.0. The van der Waals surface area contributed by atoms with E-state index in [-0.39, 0.29) is 24.0 Å². The Balaban J connectivity index is 0.000000223. The number of nitrogens with zero attached hydrogens (tertiary/aromatic N) is 1. The van der Waals surface area contributed by atoms with Crippen molar-refractivity contribution in [2.24, 2.45) is 0 Å². The van der Waals surface area contributed by atoms with Crippen LogP contribution in [0, 0.1) is 13.8 Å². The molecule has 0 saturated carbocycles. The summed E-state index contributed by atoms with van der Waals surface area (Å²) >= 11 is 0. The Morgan fingerprint density at radius 2 is 1.18 bits per heavy atom. The number of rotatable bonds is 6. The molecule has 5 amide bonds. The van der Waals surface area contributed by atoms with E-state index in [2.05, 4.69) is 26.6 Å². The third-order valence-corrected chi connectivity index (χ3v) is 6.94. The summed E-state index contributed by atoms with van der Waals surface area (Å²) in [5.41, 5.74) is 3.98. The van der Waals surface area contributed by atoms with Crippen LogP contribution < -0.4 is 26.6 Å². The van der Waals surface area contributed by atoms with Gasteiger partial charge in [-0.15, -0.1) is 0 Å². The van der Waals surface area contributed by atoms with Crippen molar-refractivity contribution < 1.29 is 14.4 Å². The normalized spacial score (nSPS) is 15.9. The molecule has 0 radical (unpaired) electrons. The maximum Gasteiger partial charge on any atom is 0.319 e. The van der Waals surface area contributed by atoms with Gasteiger partial charge < -0.3 is 31.5 Å². The van der Waals surface area contributed by atoms with E-state index in [0.717, 1.165) is 75.2 Å². The Kier molecular flexibility index (Phi) is 12.1. The van der Waals surface area contributed by atoms with Crippen molar-refractivity contribution in [1.29, 1.82) is 0 Å². The lowest BCUT2D eigenvalue weighted by Crippen LogP contribution is -2.47. The number of urea groups is 2. The molecule has 0 bridgehead atoms. The zero-order valence-electron chi connectivity index (χ0n) is 23.5. The summed E-state index contributed by atoms with van der Waals surface area (Å²) in [6.45, 7) is 9.48. The molecule has 9 heteroatoms. The SMILES string of the molecule is CCCC(=O)N1CCC(NC(=O)Nc2ccc(C)cc2)CC1.Cc1ccc(NC(=O)NC2CCNCC2)cc1. The van der Waals surface area contributed by atoms with Crippen LogP contribution in [0.15, 0.2) is 48.5 Å². The lowest BCUT2D eigenvalue weighted by molar-refractivity contribution is -0.132. The quantitative estimate of drug-likeness (QED) is 0.366. The number of hydrogen-bond donors (Lipinski definition) is 5. The van der Waals surface area contributed by atoms with Gasteiger partial charge in [0.2, 0.25) is 5.91 Å². The zero-order valence-corrected chi connectivity index (χ0v) is 23.5. The Bertz CT molecular complexity index is 1040. The molecule has 39 heavy (non-hydrogen) atoms. The number of hydrogen-bond acceptors (Lipinski definition) is 4. The Morgan fingerprint density at radius 3 is 1.62 bits per heavy atom. The summed E-state index contributed by atoms with van der Waals surface area (Å²) in [6, 6.07) is 15.7. The Labute approximate surface area is 232 Å². The topological polar surface area (TPSA) is 115 Å². The second kappa shape index (κ2) is 15.7. The number of anilines is 2. The van der Waals surface area contributed by atoms with Crippen LogP contribution in [-0.2, 0) is 4.79 Å². The first-order valence-corrected chi connectivity index (χ1v) is 14.1. The summed E-state index contributed by atoms with van der Waals surface area (Å²) in [7, 11) is 0. The van der Waals surface area contributed by atoms with E-state index in [1.807, 2.05) is 74.2 Å². The molecule has 0 aromatic heterocycles. The van der Waals surface area contributed by atoms with E-state index in [1.165, 1.54) is 5.56 Å². The predicted octanol–water partition coefficient (Wildman–Crippen LogP) is 4.78. The maximum absolute atomic E-state index is 12.0. The predicted molar refractivity (Wildman–Crippen MR) is 157 cm³/mol. The van der Waals surface area contributed by atoms with E-state index in [1.54, 1.807) is 0 Å². The van der Waals surface area contributed by atoms with E-state index in [9.17, 15) is 14.4 Å². The number of aryl methyl sites for hydroxylation is 2. The minimum atomic E-state index is -0.179. The molecule has 212 valence electrons. The van der Waals surface area contributed by atoms with Gasteiger partial charge in [0.1, 0.15) is 0 Å². The first-order chi connectivity index (χ1) is 18.8. The number of piperidine rings is 2. The first-order valence-electron chi connectivity index (χ1n) is 14.1. The van der Waals surface area contributed by atoms with Gasteiger partial charge in [0.15, 0.2) is 0 Å². The van der Waals surface area contributed by atoms with E-state index >= 15 is 0 Å². The van der Waals surface area contributed by atoms with E-state index in [4.69, 9.17) is 0 Å². The van der Waals surface area contributed by atoms with Gasteiger partial charge >= 0.3 is 12.1 Å². The number of carbonyl (C=O) groups excluding carboxylic acids is 3. The molecule has 0 atom stereocenters. The van der Waals surface area contributed by atoms with Crippen molar-refractivity contribution in [3.63, 3.8) is 0 Å². The fraction of sp³-hybridized carbons (Fsp3) is 0.500. The smallest absolute Gasteiger partial charge is 0.319 e.